The number of rotatable bonds is 8. The van der Waals surface area contributed by atoms with Crippen molar-refractivity contribution in [3.05, 3.63) is 57.8 Å². The van der Waals surface area contributed by atoms with Crippen LogP contribution in [-0.4, -0.2) is 46.5 Å². The third kappa shape index (κ3) is 4.48. The van der Waals surface area contributed by atoms with Gasteiger partial charge in [-0.2, -0.15) is 0 Å². The van der Waals surface area contributed by atoms with Gasteiger partial charge in [-0.3, -0.25) is 0 Å². The molecule has 3 N–H and O–H groups in total. The number of aromatic nitrogens is 1. The quantitative estimate of drug-likeness (QED) is 0.308. The Morgan fingerprint density at radius 1 is 1.13 bits per heavy atom. The van der Waals surface area contributed by atoms with Crippen LogP contribution in [-0.2, 0) is 24.8 Å². The minimum absolute atomic E-state index is 0.0203. The molecule has 1 aromatic heterocycles. The van der Waals surface area contributed by atoms with E-state index in [0.29, 0.717) is 3.57 Å². The highest BCUT2D eigenvalue weighted by Gasteiger charge is 2.36. The van der Waals surface area contributed by atoms with Gasteiger partial charge in [0.15, 0.2) is 5.69 Å². The second-order valence-corrected chi connectivity index (χ2v) is 11.1. The number of fused-ring (bicyclic) bond motifs is 1. The number of nitrogens with two attached hydrogens (primary N) is 1. The molecule has 0 aliphatic rings. The fourth-order valence-electron chi connectivity index (χ4n) is 3.07. The number of carbonyl (C=O) groups excluding carboxylic acids is 1. The third-order valence-corrected chi connectivity index (χ3v) is 8.23. The van der Waals surface area contributed by atoms with Crippen molar-refractivity contribution in [3.63, 3.8) is 0 Å². The summed E-state index contributed by atoms with van der Waals surface area (Å²) in [5, 5.41) is 0.0824. The van der Waals surface area contributed by atoms with Crippen LogP contribution in [0.5, 0.6) is 0 Å². The molecule has 31 heavy (non-hydrogen) atoms. The van der Waals surface area contributed by atoms with E-state index in [4.69, 9.17) is 10.5 Å². The Bertz CT molecular complexity index is 1340. The number of halogens is 1. The molecule has 0 bridgehead atoms. The van der Waals surface area contributed by atoms with Crippen molar-refractivity contribution in [3.8, 4) is 0 Å². The van der Waals surface area contributed by atoms with Crippen molar-refractivity contribution in [1.82, 2.24) is 8.69 Å². The van der Waals surface area contributed by atoms with Crippen LogP contribution in [0.2, 0.25) is 0 Å². The largest absolute Gasteiger partial charge is 0.461 e. The molecule has 12 heteroatoms. The highest BCUT2D eigenvalue weighted by Crippen LogP contribution is 2.35. The third-order valence-electron chi connectivity index (χ3n) is 4.30. The van der Waals surface area contributed by atoms with Crippen LogP contribution in [0.4, 0.5) is 0 Å². The summed E-state index contributed by atoms with van der Waals surface area (Å²) in [6, 6.07) is 12.0. The summed E-state index contributed by atoms with van der Waals surface area (Å²) < 4.78 is 62.1. The van der Waals surface area contributed by atoms with E-state index in [-0.39, 0.29) is 35.5 Å². The summed E-state index contributed by atoms with van der Waals surface area (Å²) in [5.74, 6) is -1.07. The Morgan fingerprint density at radius 3 is 2.42 bits per heavy atom. The molecule has 3 aromatic rings. The minimum Gasteiger partial charge on any atom is -0.461 e. The number of benzene rings is 2. The van der Waals surface area contributed by atoms with E-state index in [2.05, 4.69) is 4.72 Å². The molecule has 166 valence electrons. The first-order valence-corrected chi connectivity index (χ1v) is 13.2. The molecule has 0 spiro atoms. The fourth-order valence-corrected chi connectivity index (χ4v) is 6.57. The van der Waals surface area contributed by atoms with Crippen LogP contribution in [0.1, 0.15) is 17.4 Å². The van der Waals surface area contributed by atoms with E-state index < -0.39 is 36.6 Å². The minimum atomic E-state index is -4.34. The van der Waals surface area contributed by atoms with E-state index in [1.54, 1.807) is 19.1 Å². The van der Waals surface area contributed by atoms with Gasteiger partial charge in [0.05, 0.1) is 17.0 Å². The molecule has 0 aliphatic heterocycles. The Hall–Kier alpha value is -2.00. The highest BCUT2D eigenvalue weighted by atomic mass is 127. The molecule has 0 unspecified atom stereocenters. The molecule has 0 saturated heterocycles. The average Bonchev–Trinajstić information content (AvgIpc) is 3.09. The van der Waals surface area contributed by atoms with Gasteiger partial charge in [0, 0.05) is 22.0 Å². The van der Waals surface area contributed by atoms with Crippen LogP contribution in [0.3, 0.4) is 0 Å². The Morgan fingerprint density at radius 2 is 1.81 bits per heavy atom. The summed E-state index contributed by atoms with van der Waals surface area (Å²) in [7, 11) is -8.64. The molecular formula is C19H20IN3O6S2. The number of hydrogen-bond donors (Lipinski definition) is 2. The molecule has 9 nitrogen and oxygen atoms in total. The maximum Gasteiger partial charge on any atom is 0.357 e. The van der Waals surface area contributed by atoms with Crippen LogP contribution in [0, 0.1) is 3.57 Å². The van der Waals surface area contributed by atoms with E-state index in [0.717, 1.165) is 3.97 Å². The number of nitrogens with one attached hydrogen (secondary N) is 1. The van der Waals surface area contributed by atoms with Crippen LogP contribution < -0.4 is 10.5 Å². The summed E-state index contributed by atoms with van der Waals surface area (Å²) in [4.78, 5) is 12.3. The zero-order valence-corrected chi connectivity index (χ0v) is 20.2. The second kappa shape index (κ2) is 9.24. The number of nitrogens with zero attached hydrogens (tertiary/aromatic N) is 1. The maximum absolute atomic E-state index is 13.5. The van der Waals surface area contributed by atoms with Gasteiger partial charge in [-0.15, -0.1) is 0 Å². The van der Waals surface area contributed by atoms with Crippen LogP contribution in [0.25, 0.3) is 10.9 Å². The molecule has 0 radical (unpaired) electrons. The summed E-state index contributed by atoms with van der Waals surface area (Å²) in [5.41, 5.74) is 4.88. The highest BCUT2D eigenvalue weighted by molar-refractivity contribution is 14.1. The maximum atomic E-state index is 13.5. The van der Waals surface area contributed by atoms with Gasteiger partial charge in [-0.05, 0) is 59.8 Å². The van der Waals surface area contributed by atoms with E-state index in [1.807, 2.05) is 22.6 Å². The SMILES string of the molecule is CCOC(=O)c1c(S(=O)(=O)NCCN)c2cc(I)ccc2n1S(=O)(=O)c1ccccc1. The lowest BCUT2D eigenvalue weighted by atomic mass is 10.2. The van der Waals surface area contributed by atoms with Crippen molar-refractivity contribution in [2.75, 3.05) is 19.7 Å². The first-order chi connectivity index (χ1) is 14.6. The molecular weight excluding hydrogens is 557 g/mol. The topological polar surface area (TPSA) is 138 Å². The van der Waals surface area contributed by atoms with Crippen LogP contribution in [0.15, 0.2) is 58.3 Å². The normalized spacial score (nSPS) is 12.2. The zero-order valence-electron chi connectivity index (χ0n) is 16.4. The van der Waals surface area contributed by atoms with E-state index >= 15 is 0 Å². The molecule has 0 saturated carbocycles. The predicted molar refractivity (Wildman–Crippen MR) is 124 cm³/mol. The van der Waals surface area contributed by atoms with Gasteiger partial charge in [-0.1, -0.05) is 18.2 Å². The zero-order chi connectivity index (χ0) is 22.8. The number of hydrogen-bond acceptors (Lipinski definition) is 7. The molecule has 3 rings (SSSR count). The van der Waals surface area contributed by atoms with E-state index in [9.17, 15) is 21.6 Å². The van der Waals surface area contributed by atoms with Crippen molar-refractivity contribution in [1.29, 1.82) is 0 Å². The molecule has 0 aliphatic carbocycles. The summed E-state index contributed by atoms with van der Waals surface area (Å²) in [6.07, 6.45) is 0. The lowest BCUT2D eigenvalue weighted by Crippen LogP contribution is -2.31. The number of ether oxygens (including phenoxy) is 1. The lowest BCUT2D eigenvalue weighted by Gasteiger charge is -2.12. The Kier molecular flexibility index (Phi) is 7.05. The van der Waals surface area contributed by atoms with Gasteiger partial charge in [0.25, 0.3) is 10.0 Å². The van der Waals surface area contributed by atoms with Gasteiger partial charge >= 0.3 is 5.97 Å². The summed E-state index contributed by atoms with van der Waals surface area (Å²) in [6.45, 7) is 1.40. The number of carbonyl (C=O) groups is 1. The van der Waals surface area contributed by atoms with Crippen molar-refractivity contribution < 1.29 is 26.4 Å². The molecule has 1 heterocycles. The summed E-state index contributed by atoms with van der Waals surface area (Å²) >= 11 is 1.98. The first-order valence-electron chi connectivity index (χ1n) is 9.16. The average molecular weight is 577 g/mol. The van der Waals surface area contributed by atoms with Crippen molar-refractivity contribution >= 4 is 59.5 Å². The van der Waals surface area contributed by atoms with Crippen LogP contribution >= 0.6 is 22.6 Å². The molecule has 2 aromatic carbocycles. The number of sulfonamides is 1. The lowest BCUT2D eigenvalue weighted by molar-refractivity contribution is 0.0514. The first kappa shape index (κ1) is 23.7. The fraction of sp³-hybridized carbons (Fsp3) is 0.211. The Balaban J connectivity index is 2.50. The Labute approximate surface area is 193 Å². The van der Waals surface area contributed by atoms with Gasteiger partial charge in [0.2, 0.25) is 10.0 Å². The number of esters is 1. The van der Waals surface area contributed by atoms with Gasteiger partial charge < -0.3 is 10.5 Å². The molecule has 0 amide bonds. The monoisotopic (exact) mass is 577 g/mol. The molecule has 0 atom stereocenters. The van der Waals surface area contributed by atoms with Crippen molar-refractivity contribution in [2.24, 2.45) is 5.73 Å². The van der Waals surface area contributed by atoms with Gasteiger partial charge in [-0.25, -0.2) is 30.3 Å². The smallest absolute Gasteiger partial charge is 0.357 e. The van der Waals surface area contributed by atoms with Gasteiger partial charge in [0.1, 0.15) is 4.90 Å². The van der Waals surface area contributed by atoms with E-state index in [1.165, 1.54) is 36.4 Å². The second-order valence-electron chi connectivity index (χ2n) is 6.33. The predicted octanol–water partition coefficient (Wildman–Crippen LogP) is 1.90. The standard InChI is InChI=1S/C19H20IN3O6S2/c1-2-29-19(24)17-18(30(25,26)22-11-10-21)15-12-13(20)8-9-16(15)23(17)31(27,28)14-6-4-3-5-7-14/h3-9,12,22H,2,10-11,21H2,1H3. The van der Waals surface area contributed by atoms with Crippen molar-refractivity contribution in [2.45, 2.75) is 16.7 Å². The molecule has 0 fully saturated rings.